The highest BCUT2D eigenvalue weighted by atomic mass is 16.4. The van der Waals surface area contributed by atoms with Crippen LogP contribution in [0.2, 0.25) is 0 Å². The van der Waals surface area contributed by atoms with Crippen LogP contribution in [0, 0.1) is 0 Å². The van der Waals surface area contributed by atoms with Gasteiger partial charge in [-0.2, -0.15) is 0 Å². The summed E-state index contributed by atoms with van der Waals surface area (Å²) in [7, 11) is 1.56. The number of amides is 2. The zero-order valence-electron chi connectivity index (χ0n) is 10.9. The number of carboxylic acid groups (broad SMARTS) is 1. The first kappa shape index (κ1) is 15.7. The fraction of sp³-hybridized carbons (Fsp3) is 0.818. The summed E-state index contributed by atoms with van der Waals surface area (Å²) in [4.78, 5) is 23.6. The third-order valence-corrected chi connectivity index (χ3v) is 2.21. The lowest BCUT2D eigenvalue weighted by atomic mass is 10.1. The molecule has 0 aliphatic carbocycles. The van der Waals surface area contributed by atoms with Crippen LogP contribution in [0.4, 0.5) is 4.79 Å². The number of nitrogens with one attached hydrogen (secondary N) is 1. The number of aliphatic hydroxyl groups is 1. The average Bonchev–Trinajstić information content (AvgIpc) is 2.13. The molecule has 0 saturated heterocycles. The van der Waals surface area contributed by atoms with Gasteiger partial charge in [0.15, 0.2) is 0 Å². The van der Waals surface area contributed by atoms with Gasteiger partial charge in [0.05, 0.1) is 18.6 Å². The van der Waals surface area contributed by atoms with Gasteiger partial charge in [-0.05, 0) is 20.3 Å². The van der Waals surface area contributed by atoms with Gasteiger partial charge >= 0.3 is 12.0 Å². The molecule has 2 amide bonds. The molecule has 0 aromatic carbocycles. The monoisotopic (exact) mass is 246 g/mol. The molecular weight excluding hydrogens is 224 g/mol. The number of urea groups is 1. The van der Waals surface area contributed by atoms with Crippen molar-refractivity contribution in [3.8, 4) is 0 Å². The number of carbonyl (C=O) groups is 2. The molecule has 0 saturated carbocycles. The van der Waals surface area contributed by atoms with Crippen LogP contribution in [0.25, 0.3) is 0 Å². The number of aliphatic carboxylic acids is 1. The Morgan fingerprint density at radius 3 is 2.29 bits per heavy atom. The summed E-state index contributed by atoms with van der Waals surface area (Å²) < 4.78 is 0. The summed E-state index contributed by atoms with van der Waals surface area (Å²) in [5, 5.41) is 20.8. The van der Waals surface area contributed by atoms with Gasteiger partial charge in [0.25, 0.3) is 0 Å². The first-order chi connectivity index (χ1) is 7.65. The summed E-state index contributed by atoms with van der Waals surface area (Å²) in [5.74, 6) is -0.942. The van der Waals surface area contributed by atoms with Gasteiger partial charge in [-0.15, -0.1) is 0 Å². The lowest BCUT2D eigenvalue weighted by Crippen LogP contribution is -2.48. The maximum absolute atomic E-state index is 11.7. The number of hydrogen-bond acceptors (Lipinski definition) is 3. The fourth-order valence-corrected chi connectivity index (χ4v) is 1.45. The fourth-order valence-electron chi connectivity index (χ4n) is 1.45. The first-order valence-electron chi connectivity index (χ1n) is 5.61. The van der Waals surface area contributed by atoms with E-state index in [-0.39, 0.29) is 25.0 Å². The Morgan fingerprint density at radius 1 is 1.41 bits per heavy atom. The smallest absolute Gasteiger partial charge is 0.317 e. The minimum atomic E-state index is -0.972. The average molecular weight is 246 g/mol. The molecule has 1 atom stereocenters. The first-order valence-corrected chi connectivity index (χ1v) is 5.61. The Labute approximate surface area is 102 Å². The van der Waals surface area contributed by atoms with E-state index in [1.165, 1.54) is 4.90 Å². The van der Waals surface area contributed by atoms with E-state index >= 15 is 0 Å². The molecule has 0 spiro atoms. The van der Waals surface area contributed by atoms with E-state index in [1.54, 1.807) is 20.9 Å². The predicted octanol–water partition coefficient (Wildman–Crippen LogP) is 0.652. The molecule has 0 heterocycles. The molecule has 0 rings (SSSR count). The van der Waals surface area contributed by atoms with E-state index in [1.807, 2.05) is 6.92 Å². The highest BCUT2D eigenvalue weighted by molar-refractivity contribution is 5.75. The Balaban J connectivity index is 4.26. The van der Waals surface area contributed by atoms with Crippen molar-refractivity contribution < 1.29 is 19.8 Å². The van der Waals surface area contributed by atoms with Crippen LogP contribution < -0.4 is 5.32 Å². The van der Waals surface area contributed by atoms with Crippen LogP contribution in [0.5, 0.6) is 0 Å². The molecule has 6 heteroatoms. The molecule has 17 heavy (non-hydrogen) atoms. The van der Waals surface area contributed by atoms with Crippen LogP contribution in [0.3, 0.4) is 0 Å². The van der Waals surface area contributed by atoms with Crippen molar-refractivity contribution in [3.63, 3.8) is 0 Å². The highest BCUT2D eigenvalue weighted by Crippen LogP contribution is 2.04. The third kappa shape index (κ3) is 7.57. The maximum Gasteiger partial charge on any atom is 0.317 e. The number of carbonyl (C=O) groups excluding carboxylic acids is 1. The van der Waals surface area contributed by atoms with E-state index in [4.69, 9.17) is 5.11 Å². The summed E-state index contributed by atoms with van der Waals surface area (Å²) in [6.07, 6.45) is 0.451. The molecule has 0 aromatic heterocycles. The standard InChI is InChI=1S/C11H22N2O4/c1-5-8(6-9(14)15)12-10(16)13(4)7-11(2,3)17/h8,17H,5-7H2,1-4H3,(H,12,16)(H,14,15). The van der Waals surface area contributed by atoms with E-state index in [9.17, 15) is 14.7 Å². The molecule has 1 unspecified atom stereocenters. The molecule has 6 nitrogen and oxygen atoms in total. The van der Waals surface area contributed by atoms with Crippen LogP contribution >= 0.6 is 0 Å². The SMILES string of the molecule is CCC(CC(=O)O)NC(=O)N(C)CC(C)(C)O. The topological polar surface area (TPSA) is 89.9 Å². The van der Waals surface area contributed by atoms with Crippen molar-refractivity contribution in [2.45, 2.75) is 45.3 Å². The molecule has 0 fully saturated rings. The van der Waals surface area contributed by atoms with Crippen molar-refractivity contribution in [3.05, 3.63) is 0 Å². The molecule has 0 aliphatic rings. The van der Waals surface area contributed by atoms with Gasteiger partial charge in [-0.1, -0.05) is 6.92 Å². The van der Waals surface area contributed by atoms with Gasteiger partial charge in [0, 0.05) is 13.1 Å². The Bertz CT molecular complexity index is 273. The van der Waals surface area contributed by atoms with Crippen molar-refractivity contribution in [1.29, 1.82) is 0 Å². The van der Waals surface area contributed by atoms with Crippen molar-refractivity contribution in [1.82, 2.24) is 10.2 Å². The summed E-state index contributed by atoms with van der Waals surface area (Å²) in [6, 6.07) is -0.760. The van der Waals surface area contributed by atoms with Gasteiger partial charge in [0.1, 0.15) is 0 Å². The van der Waals surface area contributed by atoms with Crippen LogP contribution in [0.15, 0.2) is 0 Å². The number of likely N-dealkylation sites (N-methyl/N-ethyl adjacent to an activating group) is 1. The molecule has 0 aromatic rings. The van der Waals surface area contributed by atoms with Gasteiger partial charge < -0.3 is 20.4 Å². The van der Waals surface area contributed by atoms with Crippen molar-refractivity contribution in [2.75, 3.05) is 13.6 Å². The number of carboxylic acids is 1. The second-order valence-corrected chi connectivity index (χ2v) is 4.82. The molecule has 100 valence electrons. The number of rotatable bonds is 6. The lowest BCUT2D eigenvalue weighted by molar-refractivity contribution is -0.137. The minimum absolute atomic E-state index is 0.0986. The van der Waals surface area contributed by atoms with Crippen LogP contribution in [-0.2, 0) is 4.79 Å². The minimum Gasteiger partial charge on any atom is -0.481 e. The Kier molecular flexibility index (Phi) is 5.95. The molecule has 3 N–H and O–H groups in total. The molecule has 0 aliphatic heterocycles. The van der Waals surface area contributed by atoms with E-state index in [2.05, 4.69) is 5.32 Å². The van der Waals surface area contributed by atoms with E-state index < -0.39 is 11.6 Å². The zero-order chi connectivity index (χ0) is 13.6. The van der Waals surface area contributed by atoms with Crippen molar-refractivity contribution in [2.24, 2.45) is 0 Å². The number of nitrogens with zero attached hydrogens (tertiary/aromatic N) is 1. The molecule has 0 bridgehead atoms. The normalized spacial score (nSPS) is 13.0. The van der Waals surface area contributed by atoms with E-state index in [0.717, 1.165) is 0 Å². The quantitative estimate of drug-likeness (QED) is 0.642. The van der Waals surface area contributed by atoms with E-state index in [0.29, 0.717) is 6.42 Å². The Hall–Kier alpha value is -1.30. The van der Waals surface area contributed by atoms with Gasteiger partial charge in [0.2, 0.25) is 0 Å². The molecular formula is C11H22N2O4. The largest absolute Gasteiger partial charge is 0.481 e. The Morgan fingerprint density at radius 2 is 1.94 bits per heavy atom. The maximum atomic E-state index is 11.7. The highest BCUT2D eigenvalue weighted by Gasteiger charge is 2.21. The summed E-state index contributed by atoms with van der Waals surface area (Å²) >= 11 is 0. The molecule has 0 radical (unpaired) electrons. The summed E-state index contributed by atoms with van der Waals surface area (Å²) in [6.45, 7) is 5.20. The summed E-state index contributed by atoms with van der Waals surface area (Å²) in [5.41, 5.74) is -0.972. The lowest BCUT2D eigenvalue weighted by Gasteiger charge is -2.27. The second-order valence-electron chi connectivity index (χ2n) is 4.82. The predicted molar refractivity (Wildman–Crippen MR) is 63.8 cm³/mol. The van der Waals surface area contributed by atoms with Crippen LogP contribution in [-0.4, -0.2) is 52.3 Å². The zero-order valence-corrected chi connectivity index (χ0v) is 10.9. The van der Waals surface area contributed by atoms with Gasteiger partial charge in [-0.3, -0.25) is 4.79 Å². The van der Waals surface area contributed by atoms with Gasteiger partial charge in [-0.25, -0.2) is 4.79 Å². The second kappa shape index (κ2) is 6.44. The van der Waals surface area contributed by atoms with Crippen molar-refractivity contribution >= 4 is 12.0 Å². The third-order valence-electron chi connectivity index (χ3n) is 2.21. The number of hydrogen-bond donors (Lipinski definition) is 3. The van der Waals surface area contributed by atoms with Crippen LogP contribution in [0.1, 0.15) is 33.6 Å².